The number of fused-ring (bicyclic) bond motifs is 1. The van der Waals surface area contributed by atoms with Crippen molar-refractivity contribution in [3.63, 3.8) is 0 Å². The van der Waals surface area contributed by atoms with Gasteiger partial charge in [-0.25, -0.2) is 18.3 Å². The molecule has 0 aliphatic heterocycles. The highest BCUT2D eigenvalue weighted by molar-refractivity contribution is 7.87. The summed E-state index contributed by atoms with van der Waals surface area (Å²) in [6, 6.07) is 2.63. The number of aromatic amines is 1. The van der Waals surface area contributed by atoms with Gasteiger partial charge in [-0.2, -0.15) is 22.3 Å². The summed E-state index contributed by atoms with van der Waals surface area (Å²) in [5.74, 6) is -14.2. The summed E-state index contributed by atoms with van der Waals surface area (Å²) in [6.07, 6.45) is 0. The molecule has 0 aliphatic carbocycles. The van der Waals surface area contributed by atoms with E-state index in [1.165, 1.54) is 0 Å². The molecular formula is C14H4ClF5N2O4S. The number of rotatable bonds is 3. The molecule has 0 fully saturated rings. The maximum Gasteiger partial charge on any atom is 0.339 e. The van der Waals surface area contributed by atoms with E-state index in [0.717, 1.165) is 18.2 Å². The lowest BCUT2D eigenvalue weighted by Crippen LogP contribution is -2.15. The average molecular weight is 427 g/mol. The summed E-state index contributed by atoms with van der Waals surface area (Å²) >= 11 is 5.74. The van der Waals surface area contributed by atoms with Gasteiger partial charge in [-0.3, -0.25) is 4.79 Å². The zero-order chi connectivity index (χ0) is 20.1. The fourth-order valence-corrected chi connectivity index (χ4v) is 3.25. The lowest BCUT2D eigenvalue weighted by atomic mass is 10.2. The Morgan fingerprint density at radius 3 is 2.07 bits per heavy atom. The Labute approximate surface area is 151 Å². The van der Waals surface area contributed by atoms with Gasteiger partial charge in [0.05, 0.1) is 5.39 Å². The minimum Gasteiger partial charge on any atom is -0.372 e. The molecule has 0 unspecified atom stereocenters. The van der Waals surface area contributed by atoms with E-state index >= 15 is 0 Å². The van der Waals surface area contributed by atoms with Gasteiger partial charge < -0.3 is 4.18 Å². The monoisotopic (exact) mass is 426 g/mol. The topological polar surface area (TPSA) is 89.1 Å². The highest BCUT2D eigenvalue weighted by Crippen LogP contribution is 2.32. The third-order valence-electron chi connectivity index (χ3n) is 3.36. The van der Waals surface area contributed by atoms with Crippen LogP contribution in [0.2, 0.25) is 5.15 Å². The number of nitrogens with one attached hydrogen (secondary N) is 1. The Morgan fingerprint density at radius 2 is 1.48 bits per heavy atom. The number of halogens is 6. The van der Waals surface area contributed by atoms with Crippen LogP contribution < -0.4 is 9.74 Å². The molecule has 3 rings (SSSR count). The van der Waals surface area contributed by atoms with Crippen molar-refractivity contribution in [2.24, 2.45) is 0 Å². The molecule has 0 atom stereocenters. The molecule has 0 bridgehead atoms. The van der Waals surface area contributed by atoms with Crippen LogP contribution in [-0.2, 0) is 10.1 Å². The van der Waals surface area contributed by atoms with Crippen molar-refractivity contribution in [3.05, 3.63) is 62.8 Å². The van der Waals surface area contributed by atoms with E-state index < -0.39 is 55.4 Å². The summed E-state index contributed by atoms with van der Waals surface area (Å²) in [6.45, 7) is 0. The van der Waals surface area contributed by atoms with Crippen molar-refractivity contribution < 1.29 is 34.6 Å². The third kappa shape index (κ3) is 3.10. The van der Waals surface area contributed by atoms with Crippen LogP contribution in [0.25, 0.3) is 10.8 Å². The van der Waals surface area contributed by atoms with Crippen LogP contribution in [0.3, 0.4) is 0 Å². The van der Waals surface area contributed by atoms with Crippen LogP contribution in [0, 0.1) is 29.1 Å². The molecule has 1 N–H and O–H groups in total. The quantitative estimate of drug-likeness (QED) is 0.301. The second-order valence-corrected chi connectivity index (χ2v) is 6.89. The molecule has 0 spiro atoms. The van der Waals surface area contributed by atoms with E-state index in [4.69, 9.17) is 11.6 Å². The van der Waals surface area contributed by atoms with Crippen LogP contribution in [-0.4, -0.2) is 18.6 Å². The van der Waals surface area contributed by atoms with Gasteiger partial charge in [0, 0.05) is 5.39 Å². The van der Waals surface area contributed by atoms with Crippen molar-refractivity contribution in [3.8, 4) is 5.75 Å². The van der Waals surface area contributed by atoms with Gasteiger partial charge in [-0.1, -0.05) is 11.6 Å². The van der Waals surface area contributed by atoms with Gasteiger partial charge in [0.15, 0.2) is 5.15 Å². The Kier molecular flexibility index (Phi) is 4.56. The second kappa shape index (κ2) is 6.46. The van der Waals surface area contributed by atoms with E-state index in [0.29, 0.717) is 0 Å². The molecule has 1 aromatic heterocycles. The summed E-state index contributed by atoms with van der Waals surface area (Å²) in [7, 11) is -5.08. The molecule has 3 aromatic rings. The number of benzene rings is 2. The first-order chi connectivity index (χ1) is 12.5. The van der Waals surface area contributed by atoms with E-state index in [1.54, 1.807) is 0 Å². The fraction of sp³-hybridized carbons (Fsp3) is 0. The molecule has 1 heterocycles. The van der Waals surface area contributed by atoms with Crippen molar-refractivity contribution in [1.82, 2.24) is 10.2 Å². The molecule has 6 nitrogen and oxygen atoms in total. The predicted molar refractivity (Wildman–Crippen MR) is 81.4 cm³/mol. The normalized spacial score (nSPS) is 11.8. The SMILES string of the molecule is O=c1[nH]nc(Cl)c2ccc(S(=O)(=O)Oc3c(F)c(F)c(F)c(F)c3F)cc12. The summed E-state index contributed by atoms with van der Waals surface area (Å²) in [5.41, 5.74) is -0.845. The molecule has 0 saturated heterocycles. The Bertz CT molecular complexity index is 1230. The molecule has 2 aromatic carbocycles. The van der Waals surface area contributed by atoms with Crippen LogP contribution in [0.1, 0.15) is 0 Å². The van der Waals surface area contributed by atoms with E-state index in [2.05, 4.69) is 9.28 Å². The highest BCUT2D eigenvalue weighted by Gasteiger charge is 2.31. The fourth-order valence-electron chi connectivity index (χ4n) is 2.08. The number of aromatic nitrogens is 2. The molecule has 0 saturated carbocycles. The van der Waals surface area contributed by atoms with E-state index in [9.17, 15) is 35.2 Å². The lowest BCUT2D eigenvalue weighted by Gasteiger charge is -2.11. The first-order valence-electron chi connectivity index (χ1n) is 6.68. The Morgan fingerprint density at radius 1 is 0.926 bits per heavy atom. The molecule has 0 aliphatic rings. The second-order valence-electron chi connectivity index (χ2n) is 4.99. The number of H-pyrrole nitrogens is 1. The highest BCUT2D eigenvalue weighted by atomic mass is 35.5. The van der Waals surface area contributed by atoms with Crippen LogP contribution >= 0.6 is 11.6 Å². The number of nitrogens with zero attached hydrogens (tertiary/aromatic N) is 1. The maximum absolute atomic E-state index is 13.6. The van der Waals surface area contributed by atoms with Crippen LogP contribution in [0.4, 0.5) is 22.0 Å². The van der Waals surface area contributed by atoms with Gasteiger partial charge in [0.2, 0.25) is 34.8 Å². The van der Waals surface area contributed by atoms with E-state index in [1.807, 2.05) is 5.10 Å². The van der Waals surface area contributed by atoms with Crippen LogP contribution in [0.5, 0.6) is 5.75 Å². The lowest BCUT2D eigenvalue weighted by molar-refractivity contribution is 0.346. The molecular weight excluding hydrogens is 423 g/mol. The zero-order valence-electron chi connectivity index (χ0n) is 12.5. The third-order valence-corrected chi connectivity index (χ3v) is 4.87. The van der Waals surface area contributed by atoms with Crippen molar-refractivity contribution in [2.45, 2.75) is 4.90 Å². The zero-order valence-corrected chi connectivity index (χ0v) is 14.1. The average Bonchev–Trinajstić information content (AvgIpc) is 2.65. The number of hydrogen-bond donors (Lipinski definition) is 1. The molecule has 13 heteroatoms. The van der Waals surface area contributed by atoms with Gasteiger partial charge >= 0.3 is 10.1 Å². The van der Waals surface area contributed by atoms with Crippen molar-refractivity contribution in [1.29, 1.82) is 0 Å². The summed E-state index contributed by atoms with van der Waals surface area (Å²) < 4.78 is 95.1. The standard InChI is InChI=1S/C14H4ClF5N2O4S/c15-13-5-2-1-4(3-6(5)14(23)22-21-13)27(24,25)26-12-10(19)8(17)7(16)9(18)11(12)20/h1-3H,(H,22,23). The minimum absolute atomic E-state index is 0.0515. The van der Waals surface area contributed by atoms with Crippen molar-refractivity contribution >= 4 is 32.5 Å². The summed E-state index contributed by atoms with van der Waals surface area (Å²) in [5, 5.41) is 5.04. The van der Waals surface area contributed by atoms with Gasteiger partial charge in [-0.15, -0.1) is 0 Å². The van der Waals surface area contributed by atoms with Gasteiger partial charge in [0.1, 0.15) is 4.90 Å². The first-order valence-corrected chi connectivity index (χ1v) is 8.47. The Hall–Kier alpha value is -2.73. The number of hydrogen-bond acceptors (Lipinski definition) is 5. The molecule has 0 amide bonds. The maximum atomic E-state index is 13.6. The van der Waals surface area contributed by atoms with Crippen LogP contribution in [0.15, 0.2) is 27.9 Å². The molecule has 27 heavy (non-hydrogen) atoms. The van der Waals surface area contributed by atoms with Gasteiger partial charge in [-0.05, 0) is 18.2 Å². The first kappa shape index (κ1) is 19.0. The van der Waals surface area contributed by atoms with Crippen molar-refractivity contribution in [2.75, 3.05) is 0 Å². The minimum atomic E-state index is -5.08. The summed E-state index contributed by atoms with van der Waals surface area (Å²) in [4.78, 5) is 10.9. The molecule has 142 valence electrons. The smallest absolute Gasteiger partial charge is 0.339 e. The predicted octanol–water partition coefficient (Wildman–Crippen LogP) is 3.04. The van der Waals surface area contributed by atoms with E-state index in [-0.39, 0.29) is 15.9 Å². The Balaban J connectivity index is 2.16. The molecule has 0 radical (unpaired) electrons. The largest absolute Gasteiger partial charge is 0.372 e. The van der Waals surface area contributed by atoms with Gasteiger partial charge in [0.25, 0.3) is 5.56 Å².